The first-order valence-electron chi connectivity index (χ1n) is 7.95. The fourth-order valence-corrected chi connectivity index (χ4v) is 2.61. The molecule has 2 heterocycles. The van der Waals surface area contributed by atoms with Gasteiger partial charge in [0, 0.05) is 25.3 Å². The summed E-state index contributed by atoms with van der Waals surface area (Å²) in [6.45, 7) is 10.4. The maximum Gasteiger partial charge on any atom is 0.407 e. The molecule has 5 nitrogen and oxygen atoms in total. The normalized spacial score (nSPS) is 19.7. The molecular weight excluding hydrogens is 278 g/mol. The zero-order valence-corrected chi connectivity index (χ0v) is 14.1. The highest BCUT2D eigenvalue weighted by Gasteiger charge is 2.24. The molecule has 0 aromatic carbocycles. The average molecular weight is 305 g/mol. The van der Waals surface area contributed by atoms with Crippen LogP contribution < -0.4 is 5.32 Å². The Balaban J connectivity index is 1.83. The predicted octanol–water partition coefficient (Wildman–Crippen LogP) is 2.88. The summed E-state index contributed by atoms with van der Waals surface area (Å²) in [7, 11) is 0. The minimum atomic E-state index is -0.454. The fraction of sp³-hybridized carbons (Fsp3) is 0.647. The molecular formula is C17H27N3O2. The molecule has 22 heavy (non-hydrogen) atoms. The number of carbonyl (C=O) groups is 1. The first-order chi connectivity index (χ1) is 10.3. The number of hydrogen-bond donors (Lipinski definition) is 1. The fourth-order valence-electron chi connectivity index (χ4n) is 2.61. The number of carbonyl (C=O) groups excluding carboxylic acids is 1. The average Bonchev–Trinajstić information content (AvgIpc) is 2.39. The van der Waals surface area contributed by atoms with Crippen molar-refractivity contribution in [3.05, 3.63) is 29.6 Å². The number of amides is 1. The lowest BCUT2D eigenvalue weighted by molar-refractivity contribution is 0.0470. The molecule has 1 amide bonds. The molecule has 1 atom stereocenters. The number of aromatic nitrogens is 1. The van der Waals surface area contributed by atoms with Gasteiger partial charge in [0.25, 0.3) is 0 Å². The summed E-state index contributed by atoms with van der Waals surface area (Å²) >= 11 is 0. The van der Waals surface area contributed by atoms with Crippen LogP contribution in [0.25, 0.3) is 0 Å². The van der Waals surface area contributed by atoms with Gasteiger partial charge in [0.1, 0.15) is 5.60 Å². The maximum atomic E-state index is 11.9. The van der Waals surface area contributed by atoms with Crippen molar-refractivity contribution in [3.63, 3.8) is 0 Å². The molecule has 1 aliphatic rings. The second-order valence-electron chi connectivity index (χ2n) is 7.05. The summed E-state index contributed by atoms with van der Waals surface area (Å²) < 4.78 is 5.33. The van der Waals surface area contributed by atoms with Gasteiger partial charge in [-0.1, -0.05) is 6.07 Å². The molecule has 0 bridgehead atoms. The third kappa shape index (κ3) is 5.64. The lowest BCUT2D eigenvalue weighted by Crippen LogP contribution is -2.48. The van der Waals surface area contributed by atoms with Gasteiger partial charge in [-0.3, -0.25) is 9.88 Å². The largest absolute Gasteiger partial charge is 0.444 e. The minimum absolute atomic E-state index is 0.147. The molecule has 1 aromatic rings. The van der Waals surface area contributed by atoms with E-state index in [9.17, 15) is 4.79 Å². The highest BCUT2D eigenvalue weighted by molar-refractivity contribution is 5.68. The molecule has 0 saturated carbocycles. The molecule has 1 fully saturated rings. The molecule has 1 aliphatic heterocycles. The Kier molecular flexibility index (Phi) is 5.40. The molecule has 122 valence electrons. The zero-order valence-electron chi connectivity index (χ0n) is 14.1. The van der Waals surface area contributed by atoms with E-state index < -0.39 is 5.60 Å². The van der Waals surface area contributed by atoms with Crippen molar-refractivity contribution in [1.29, 1.82) is 0 Å². The van der Waals surface area contributed by atoms with E-state index in [1.165, 1.54) is 5.56 Å². The van der Waals surface area contributed by atoms with Crippen LogP contribution in [-0.4, -0.2) is 40.7 Å². The molecule has 0 unspecified atom stereocenters. The van der Waals surface area contributed by atoms with Gasteiger partial charge < -0.3 is 10.1 Å². The number of pyridine rings is 1. The van der Waals surface area contributed by atoms with Crippen LogP contribution in [0, 0.1) is 6.92 Å². The van der Waals surface area contributed by atoms with Crippen LogP contribution in [0.5, 0.6) is 0 Å². The van der Waals surface area contributed by atoms with Gasteiger partial charge in [0.15, 0.2) is 0 Å². The van der Waals surface area contributed by atoms with E-state index in [-0.39, 0.29) is 12.1 Å². The van der Waals surface area contributed by atoms with Crippen LogP contribution in [0.1, 0.15) is 44.9 Å². The number of ether oxygens (including phenoxy) is 1. The zero-order chi connectivity index (χ0) is 16.2. The standard InChI is InChI=1S/C17H27N3O2/c1-13-7-8-14(18-10-13)11-20-9-5-6-15(12-20)19-16(21)22-17(2,3)4/h7-8,10,15H,5-6,9,11-12H2,1-4H3,(H,19,21)/t15-/m1/s1. The van der Waals surface area contributed by atoms with Crippen LogP contribution in [0.3, 0.4) is 0 Å². The third-order valence-corrected chi connectivity index (χ3v) is 3.58. The Hall–Kier alpha value is -1.62. The van der Waals surface area contributed by atoms with Crippen molar-refractivity contribution < 1.29 is 9.53 Å². The molecule has 0 radical (unpaired) electrons. The summed E-state index contributed by atoms with van der Waals surface area (Å²) in [6.07, 6.45) is 3.65. The van der Waals surface area contributed by atoms with Crippen LogP contribution in [0.4, 0.5) is 4.79 Å². The van der Waals surface area contributed by atoms with E-state index in [4.69, 9.17) is 4.74 Å². The maximum absolute atomic E-state index is 11.9. The lowest BCUT2D eigenvalue weighted by Gasteiger charge is -2.33. The lowest BCUT2D eigenvalue weighted by atomic mass is 10.1. The molecule has 1 saturated heterocycles. The van der Waals surface area contributed by atoms with E-state index in [1.807, 2.05) is 33.9 Å². The summed E-state index contributed by atoms with van der Waals surface area (Å²) in [5.41, 5.74) is 1.79. The SMILES string of the molecule is Cc1ccc(CN2CCC[C@@H](NC(=O)OC(C)(C)C)C2)nc1. The molecule has 2 rings (SSSR count). The second-order valence-corrected chi connectivity index (χ2v) is 7.05. The smallest absolute Gasteiger partial charge is 0.407 e. The monoisotopic (exact) mass is 305 g/mol. The Morgan fingerprint density at radius 3 is 2.86 bits per heavy atom. The van der Waals surface area contributed by atoms with Crippen molar-refractivity contribution in [2.45, 2.75) is 58.7 Å². The third-order valence-electron chi connectivity index (χ3n) is 3.58. The van der Waals surface area contributed by atoms with Crippen molar-refractivity contribution in [1.82, 2.24) is 15.2 Å². The van der Waals surface area contributed by atoms with E-state index in [1.54, 1.807) is 0 Å². The Labute approximate surface area is 133 Å². The number of aryl methyl sites for hydroxylation is 1. The van der Waals surface area contributed by atoms with E-state index in [0.29, 0.717) is 0 Å². The van der Waals surface area contributed by atoms with Gasteiger partial charge in [0.2, 0.25) is 0 Å². The number of nitrogens with zero attached hydrogens (tertiary/aromatic N) is 2. The van der Waals surface area contributed by atoms with E-state index >= 15 is 0 Å². The van der Waals surface area contributed by atoms with Crippen LogP contribution in [-0.2, 0) is 11.3 Å². The summed E-state index contributed by atoms with van der Waals surface area (Å²) in [5.74, 6) is 0. The molecule has 1 N–H and O–H groups in total. The number of rotatable bonds is 3. The van der Waals surface area contributed by atoms with Crippen molar-refractivity contribution >= 4 is 6.09 Å². The summed E-state index contributed by atoms with van der Waals surface area (Å²) in [4.78, 5) is 18.7. The highest BCUT2D eigenvalue weighted by Crippen LogP contribution is 2.14. The summed E-state index contributed by atoms with van der Waals surface area (Å²) in [5, 5.41) is 2.98. The predicted molar refractivity (Wildman–Crippen MR) is 86.6 cm³/mol. The van der Waals surface area contributed by atoms with Crippen LogP contribution in [0.2, 0.25) is 0 Å². The second kappa shape index (κ2) is 7.09. The van der Waals surface area contributed by atoms with Crippen LogP contribution >= 0.6 is 0 Å². The van der Waals surface area contributed by atoms with Crippen molar-refractivity contribution in [3.8, 4) is 0 Å². The highest BCUT2D eigenvalue weighted by atomic mass is 16.6. The Morgan fingerprint density at radius 1 is 1.45 bits per heavy atom. The summed E-state index contributed by atoms with van der Waals surface area (Å²) in [6, 6.07) is 4.30. The van der Waals surface area contributed by atoms with E-state index in [2.05, 4.69) is 27.3 Å². The van der Waals surface area contributed by atoms with Gasteiger partial charge in [0.05, 0.1) is 5.69 Å². The number of likely N-dealkylation sites (tertiary alicyclic amines) is 1. The molecule has 0 aliphatic carbocycles. The van der Waals surface area contributed by atoms with Crippen LogP contribution in [0.15, 0.2) is 18.3 Å². The molecule has 0 spiro atoms. The minimum Gasteiger partial charge on any atom is -0.444 e. The van der Waals surface area contributed by atoms with Crippen molar-refractivity contribution in [2.75, 3.05) is 13.1 Å². The number of alkyl carbamates (subject to hydrolysis) is 1. The van der Waals surface area contributed by atoms with Gasteiger partial charge >= 0.3 is 6.09 Å². The number of hydrogen-bond acceptors (Lipinski definition) is 4. The Morgan fingerprint density at radius 2 is 2.23 bits per heavy atom. The molecule has 1 aromatic heterocycles. The van der Waals surface area contributed by atoms with Gasteiger partial charge in [-0.15, -0.1) is 0 Å². The van der Waals surface area contributed by atoms with E-state index in [0.717, 1.165) is 38.2 Å². The van der Waals surface area contributed by atoms with Crippen molar-refractivity contribution in [2.24, 2.45) is 0 Å². The van der Waals surface area contributed by atoms with Gasteiger partial charge in [-0.25, -0.2) is 4.79 Å². The first kappa shape index (κ1) is 16.7. The first-order valence-corrected chi connectivity index (χ1v) is 7.95. The Bertz CT molecular complexity index is 494. The van der Waals surface area contributed by atoms with Gasteiger partial charge in [-0.2, -0.15) is 0 Å². The quantitative estimate of drug-likeness (QED) is 0.933. The number of nitrogens with one attached hydrogen (secondary N) is 1. The van der Waals surface area contributed by atoms with Gasteiger partial charge in [-0.05, 0) is 58.7 Å². The topological polar surface area (TPSA) is 54.5 Å². The number of piperidine rings is 1. The molecule has 5 heteroatoms.